The van der Waals surface area contributed by atoms with Gasteiger partial charge in [-0.1, -0.05) is 6.42 Å². The highest BCUT2D eigenvalue weighted by atomic mass is 16.4. The Morgan fingerprint density at radius 1 is 0.794 bits per heavy atom. The van der Waals surface area contributed by atoms with Gasteiger partial charge in [0.25, 0.3) is 0 Å². The molecule has 0 aromatic carbocycles. The SMILES string of the molecule is C[C@@H](O)[C@H](NC(=O)CCC(=O)[C@@H](N)CCC(=O)O)C(=O)C[C@@H](CCCCN)C(=O)CCC(=O)O. The van der Waals surface area contributed by atoms with Crippen LogP contribution in [0.4, 0.5) is 0 Å². The lowest BCUT2D eigenvalue weighted by atomic mass is 9.87. The zero-order valence-electron chi connectivity index (χ0n) is 19.5. The molecule has 0 rings (SSSR count). The Hall–Kier alpha value is -2.70. The number of aliphatic hydroxyl groups excluding tert-OH is 1. The van der Waals surface area contributed by atoms with Gasteiger partial charge in [0.2, 0.25) is 5.91 Å². The number of amides is 1. The number of carboxylic acids is 2. The van der Waals surface area contributed by atoms with Crippen LogP contribution < -0.4 is 16.8 Å². The third-order valence-electron chi connectivity index (χ3n) is 5.32. The zero-order valence-corrected chi connectivity index (χ0v) is 19.5. The van der Waals surface area contributed by atoms with Crippen LogP contribution in [0.3, 0.4) is 0 Å². The normalized spacial score (nSPS) is 14.5. The molecule has 194 valence electrons. The van der Waals surface area contributed by atoms with Gasteiger partial charge >= 0.3 is 11.9 Å². The van der Waals surface area contributed by atoms with E-state index in [1.807, 2.05) is 0 Å². The average molecular weight is 488 g/mol. The molecule has 0 fully saturated rings. The van der Waals surface area contributed by atoms with Crippen LogP contribution in [0.2, 0.25) is 0 Å². The minimum atomic E-state index is -1.31. The van der Waals surface area contributed by atoms with E-state index in [9.17, 15) is 33.9 Å². The molecule has 1 amide bonds. The van der Waals surface area contributed by atoms with Gasteiger partial charge in [-0.2, -0.15) is 0 Å². The van der Waals surface area contributed by atoms with Crippen LogP contribution >= 0.6 is 0 Å². The van der Waals surface area contributed by atoms with Crippen molar-refractivity contribution in [1.82, 2.24) is 5.32 Å². The molecule has 0 spiro atoms. The second-order valence-electron chi connectivity index (χ2n) is 8.30. The van der Waals surface area contributed by atoms with Crippen molar-refractivity contribution in [3.05, 3.63) is 0 Å². The first-order valence-corrected chi connectivity index (χ1v) is 11.3. The molecule has 0 radical (unpaired) electrons. The van der Waals surface area contributed by atoms with E-state index in [2.05, 4.69) is 5.32 Å². The molecule has 0 aromatic heterocycles. The zero-order chi connectivity index (χ0) is 26.3. The monoisotopic (exact) mass is 487 g/mol. The molecule has 34 heavy (non-hydrogen) atoms. The lowest BCUT2D eigenvalue weighted by Crippen LogP contribution is -2.48. The first kappa shape index (κ1) is 31.3. The summed E-state index contributed by atoms with van der Waals surface area (Å²) in [5, 5.41) is 29.8. The number of hydrogen-bond acceptors (Lipinski definition) is 9. The summed E-state index contributed by atoms with van der Waals surface area (Å²) >= 11 is 0. The maximum absolute atomic E-state index is 12.8. The number of carbonyl (C=O) groups excluding carboxylic acids is 4. The first-order chi connectivity index (χ1) is 15.9. The molecule has 8 N–H and O–H groups in total. The van der Waals surface area contributed by atoms with Gasteiger partial charge in [-0.3, -0.25) is 28.8 Å². The average Bonchev–Trinajstić information content (AvgIpc) is 2.76. The van der Waals surface area contributed by atoms with Crippen LogP contribution in [-0.4, -0.2) is 75.2 Å². The van der Waals surface area contributed by atoms with E-state index >= 15 is 0 Å². The predicted octanol–water partition coefficient (Wildman–Crippen LogP) is -0.468. The number of carbonyl (C=O) groups is 6. The standard InChI is InChI=1S/C22H37N3O9/c1-13(26)22(25-19(30)8-6-17(28)15(24)5-9-20(31)32)18(29)12-14(4-2-3-11-23)16(27)7-10-21(33)34/h13-15,22,26H,2-12,23-24H2,1H3,(H,25,30)(H,31,32)(H,33,34)/t13-,14-,15+,22+/m1/s1. The molecule has 12 nitrogen and oxygen atoms in total. The quantitative estimate of drug-likeness (QED) is 0.120. The summed E-state index contributed by atoms with van der Waals surface area (Å²) in [6.45, 7) is 1.69. The van der Waals surface area contributed by atoms with Crippen LogP contribution in [0, 0.1) is 5.92 Å². The fraction of sp³-hybridized carbons (Fsp3) is 0.727. The largest absolute Gasteiger partial charge is 0.481 e. The van der Waals surface area contributed by atoms with E-state index in [-0.39, 0.29) is 50.7 Å². The number of Topliss-reactive ketones (excluding diaryl/α,β-unsaturated/α-hetero) is 3. The maximum Gasteiger partial charge on any atom is 0.303 e. The van der Waals surface area contributed by atoms with Crippen LogP contribution in [0.25, 0.3) is 0 Å². The Labute approximate surface area is 198 Å². The number of aliphatic hydroxyl groups is 1. The van der Waals surface area contributed by atoms with Crippen LogP contribution in [0.1, 0.15) is 71.1 Å². The molecule has 0 saturated carbocycles. The van der Waals surface area contributed by atoms with E-state index in [0.717, 1.165) is 0 Å². The van der Waals surface area contributed by atoms with Gasteiger partial charge in [0, 0.05) is 38.0 Å². The number of nitrogens with two attached hydrogens (primary N) is 2. The molecule has 0 heterocycles. The van der Waals surface area contributed by atoms with Crippen molar-refractivity contribution in [2.45, 2.75) is 89.3 Å². The van der Waals surface area contributed by atoms with Crippen molar-refractivity contribution in [1.29, 1.82) is 0 Å². The van der Waals surface area contributed by atoms with E-state index in [0.29, 0.717) is 25.8 Å². The molecular formula is C22H37N3O9. The molecule has 0 unspecified atom stereocenters. The van der Waals surface area contributed by atoms with E-state index < -0.39 is 53.5 Å². The molecule has 0 bridgehead atoms. The number of hydrogen-bond donors (Lipinski definition) is 6. The minimum absolute atomic E-state index is 0.0635. The fourth-order valence-electron chi connectivity index (χ4n) is 3.29. The molecule has 0 saturated heterocycles. The Balaban J connectivity index is 4.99. The summed E-state index contributed by atoms with van der Waals surface area (Å²) in [6.07, 6.45) is -1.56. The summed E-state index contributed by atoms with van der Waals surface area (Å²) in [6, 6.07) is -2.34. The lowest BCUT2D eigenvalue weighted by Gasteiger charge is -2.23. The lowest BCUT2D eigenvalue weighted by molar-refractivity contribution is -0.139. The molecule has 0 aromatic rings. The van der Waals surface area contributed by atoms with Crippen molar-refractivity contribution in [3.63, 3.8) is 0 Å². The third-order valence-corrected chi connectivity index (χ3v) is 5.32. The smallest absolute Gasteiger partial charge is 0.303 e. The number of rotatable bonds is 20. The number of nitrogens with one attached hydrogen (secondary N) is 1. The molecule has 0 aliphatic heterocycles. The van der Waals surface area contributed by atoms with Crippen molar-refractivity contribution < 1.29 is 44.1 Å². The second kappa shape index (κ2) is 16.8. The van der Waals surface area contributed by atoms with Gasteiger partial charge in [-0.05, 0) is 32.7 Å². The van der Waals surface area contributed by atoms with Crippen LogP contribution in [-0.2, 0) is 28.8 Å². The van der Waals surface area contributed by atoms with Crippen molar-refractivity contribution in [3.8, 4) is 0 Å². The van der Waals surface area contributed by atoms with Crippen molar-refractivity contribution in [2.24, 2.45) is 17.4 Å². The number of unbranched alkanes of at least 4 members (excludes halogenated alkanes) is 1. The van der Waals surface area contributed by atoms with Gasteiger partial charge in [-0.25, -0.2) is 0 Å². The van der Waals surface area contributed by atoms with E-state index in [1.54, 1.807) is 0 Å². The van der Waals surface area contributed by atoms with Crippen molar-refractivity contribution in [2.75, 3.05) is 6.54 Å². The summed E-state index contributed by atoms with van der Waals surface area (Å²) in [4.78, 5) is 70.8. The molecule has 12 heteroatoms. The van der Waals surface area contributed by atoms with Gasteiger partial charge in [0.05, 0.1) is 18.6 Å². The first-order valence-electron chi connectivity index (χ1n) is 11.3. The van der Waals surface area contributed by atoms with Crippen molar-refractivity contribution >= 4 is 35.2 Å². The summed E-state index contributed by atoms with van der Waals surface area (Å²) in [7, 11) is 0. The third kappa shape index (κ3) is 13.8. The van der Waals surface area contributed by atoms with E-state index in [4.69, 9.17) is 21.7 Å². The summed E-state index contributed by atoms with van der Waals surface area (Å²) in [5.41, 5.74) is 11.1. The highest BCUT2D eigenvalue weighted by molar-refractivity contribution is 5.94. The summed E-state index contributed by atoms with van der Waals surface area (Å²) < 4.78 is 0. The fourth-order valence-corrected chi connectivity index (χ4v) is 3.29. The van der Waals surface area contributed by atoms with Gasteiger partial charge < -0.3 is 32.1 Å². The van der Waals surface area contributed by atoms with Crippen LogP contribution in [0.5, 0.6) is 0 Å². The number of ketones is 3. The molecule has 4 atom stereocenters. The predicted molar refractivity (Wildman–Crippen MR) is 121 cm³/mol. The van der Waals surface area contributed by atoms with Crippen LogP contribution in [0.15, 0.2) is 0 Å². The topological polar surface area (TPSA) is 227 Å². The minimum Gasteiger partial charge on any atom is -0.481 e. The van der Waals surface area contributed by atoms with E-state index in [1.165, 1.54) is 6.92 Å². The number of aliphatic carboxylic acids is 2. The highest BCUT2D eigenvalue weighted by Gasteiger charge is 2.30. The number of carboxylic acid groups (broad SMARTS) is 2. The molecule has 0 aliphatic carbocycles. The summed E-state index contributed by atoms with van der Waals surface area (Å²) in [5.74, 6) is -5.15. The molecule has 0 aliphatic rings. The Morgan fingerprint density at radius 3 is 1.91 bits per heavy atom. The van der Waals surface area contributed by atoms with Gasteiger partial charge in [0.15, 0.2) is 5.78 Å². The van der Waals surface area contributed by atoms with Gasteiger partial charge in [-0.15, -0.1) is 0 Å². The Bertz CT molecular complexity index is 724. The molecular weight excluding hydrogens is 450 g/mol. The highest BCUT2D eigenvalue weighted by Crippen LogP contribution is 2.19. The Kier molecular flexibility index (Phi) is 15.5. The maximum atomic E-state index is 12.8. The Morgan fingerprint density at radius 2 is 1.38 bits per heavy atom. The van der Waals surface area contributed by atoms with Gasteiger partial charge in [0.1, 0.15) is 17.6 Å². The second-order valence-corrected chi connectivity index (χ2v) is 8.30.